The van der Waals surface area contributed by atoms with Gasteiger partial charge in [0.15, 0.2) is 5.96 Å². The second kappa shape index (κ2) is 9.96. The molecule has 1 aromatic carbocycles. The van der Waals surface area contributed by atoms with E-state index in [4.69, 9.17) is 0 Å². The quantitative estimate of drug-likeness (QED) is 0.456. The summed E-state index contributed by atoms with van der Waals surface area (Å²) in [6.07, 6.45) is 1.04. The lowest BCUT2D eigenvalue weighted by Crippen LogP contribution is -2.41. The number of hydrogen-bond acceptors (Lipinski definition) is 1. The van der Waals surface area contributed by atoms with Crippen LogP contribution in [0.5, 0.6) is 0 Å². The van der Waals surface area contributed by atoms with Gasteiger partial charge >= 0.3 is 0 Å². The zero-order valence-corrected chi connectivity index (χ0v) is 15.0. The fourth-order valence-electron chi connectivity index (χ4n) is 1.63. The van der Waals surface area contributed by atoms with Gasteiger partial charge in [0.1, 0.15) is 5.82 Å². The molecule has 0 saturated carbocycles. The SMILES string of the molecule is CCNC(=NCc1ccc(F)c(C)c1)NC(C)CC.I. The molecular formula is C15H25FIN3. The molecule has 0 aliphatic rings. The Bertz CT molecular complexity index is 435. The zero-order valence-electron chi connectivity index (χ0n) is 12.7. The van der Waals surface area contributed by atoms with E-state index in [0.717, 1.165) is 24.5 Å². The minimum absolute atomic E-state index is 0. The van der Waals surface area contributed by atoms with Crippen molar-refractivity contribution in [3.05, 3.63) is 35.1 Å². The third kappa shape index (κ3) is 6.54. The van der Waals surface area contributed by atoms with Crippen molar-refractivity contribution in [3.8, 4) is 0 Å². The summed E-state index contributed by atoms with van der Waals surface area (Å²) in [5.41, 5.74) is 1.67. The van der Waals surface area contributed by atoms with Crippen molar-refractivity contribution in [3.63, 3.8) is 0 Å². The number of guanidine groups is 1. The number of hydrogen-bond donors (Lipinski definition) is 2. The molecule has 0 amide bonds. The van der Waals surface area contributed by atoms with Gasteiger partial charge in [-0.15, -0.1) is 24.0 Å². The first-order valence-electron chi connectivity index (χ1n) is 6.86. The number of aliphatic imine (C=N–C) groups is 1. The number of nitrogens with zero attached hydrogens (tertiary/aromatic N) is 1. The van der Waals surface area contributed by atoms with E-state index in [-0.39, 0.29) is 29.8 Å². The Morgan fingerprint density at radius 1 is 1.35 bits per heavy atom. The molecule has 0 aliphatic heterocycles. The van der Waals surface area contributed by atoms with Crippen molar-refractivity contribution in [1.29, 1.82) is 0 Å². The van der Waals surface area contributed by atoms with Crippen LogP contribution in [-0.2, 0) is 6.54 Å². The molecule has 1 aromatic rings. The Labute approximate surface area is 138 Å². The molecule has 0 saturated heterocycles. The van der Waals surface area contributed by atoms with Gasteiger partial charge in [0.05, 0.1) is 6.54 Å². The fourth-order valence-corrected chi connectivity index (χ4v) is 1.63. The van der Waals surface area contributed by atoms with Crippen LogP contribution in [0, 0.1) is 12.7 Å². The van der Waals surface area contributed by atoms with Crippen LogP contribution in [0.3, 0.4) is 0 Å². The van der Waals surface area contributed by atoms with E-state index >= 15 is 0 Å². The number of aryl methyl sites for hydroxylation is 1. The molecule has 0 heterocycles. The number of rotatable bonds is 5. The third-order valence-electron chi connectivity index (χ3n) is 2.98. The molecule has 3 nitrogen and oxygen atoms in total. The fraction of sp³-hybridized carbons (Fsp3) is 0.533. The Balaban J connectivity index is 0.00000361. The highest BCUT2D eigenvalue weighted by atomic mass is 127. The van der Waals surface area contributed by atoms with E-state index in [1.54, 1.807) is 13.0 Å². The molecule has 1 atom stereocenters. The lowest BCUT2D eigenvalue weighted by atomic mass is 10.1. The van der Waals surface area contributed by atoms with E-state index in [0.29, 0.717) is 18.2 Å². The van der Waals surface area contributed by atoms with Gasteiger partial charge in [-0.25, -0.2) is 9.38 Å². The van der Waals surface area contributed by atoms with E-state index < -0.39 is 0 Å². The van der Waals surface area contributed by atoms with Crippen molar-refractivity contribution < 1.29 is 4.39 Å². The first kappa shape index (κ1) is 19.1. The molecule has 5 heteroatoms. The largest absolute Gasteiger partial charge is 0.357 e. The molecule has 0 aromatic heterocycles. The minimum Gasteiger partial charge on any atom is -0.357 e. The molecule has 20 heavy (non-hydrogen) atoms. The molecular weight excluding hydrogens is 368 g/mol. The second-order valence-electron chi connectivity index (χ2n) is 4.73. The van der Waals surface area contributed by atoms with Crippen molar-refractivity contribution >= 4 is 29.9 Å². The topological polar surface area (TPSA) is 36.4 Å². The number of halogens is 2. The van der Waals surface area contributed by atoms with Crippen LogP contribution < -0.4 is 10.6 Å². The van der Waals surface area contributed by atoms with E-state index in [9.17, 15) is 4.39 Å². The lowest BCUT2D eigenvalue weighted by Gasteiger charge is -2.16. The van der Waals surface area contributed by atoms with Crippen molar-refractivity contribution in [2.75, 3.05) is 6.54 Å². The summed E-state index contributed by atoms with van der Waals surface area (Å²) in [6.45, 7) is 9.43. The number of benzene rings is 1. The second-order valence-corrected chi connectivity index (χ2v) is 4.73. The first-order valence-corrected chi connectivity index (χ1v) is 6.86. The molecule has 1 unspecified atom stereocenters. The Morgan fingerprint density at radius 2 is 2.05 bits per heavy atom. The highest BCUT2D eigenvalue weighted by Crippen LogP contribution is 2.10. The average molecular weight is 393 g/mol. The Hall–Kier alpha value is -0.850. The highest BCUT2D eigenvalue weighted by molar-refractivity contribution is 14.0. The lowest BCUT2D eigenvalue weighted by molar-refractivity contribution is 0.617. The standard InChI is InChI=1S/C15H24FN3.HI/c1-5-12(4)19-15(17-6-2)18-10-13-7-8-14(16)11(3)9-13;/h7-9,12H,5-6,10H2,1-4H3,(H2,17,18,19);1H. The summed E-state index contributed by atoms with van der Waals surface area (Å²) in [6, 6.07) is 5.49. The molecule has 2 N–H and O–H groups in total. The van der Waals surface area contributed by atoms with Crippen LogP contribution in [0.15, 0.2) is 23.2 Å². The normalized spacial score (nSPS) is 12.6. The van der Waals surface area contributed by atoms with Gasteiger partial charge in [-0.3, -0.25) is 0 Å². The van der Waals surface area contributed by atoms with Gasteiger partial charge in [0, 0.05) is 12.6 Å². The molecule has 1 rings (SSSR count). The van der Waals surface area contributed by atoms with Gasteiger partial charge in [-0.2, -0.15) is 0 Å². The van der Waals surface area contributed by atoms with Crippen LogP contribution in [0.4, 0.5) is 4.39 Å². The number of nitrogens with one attached hydrogen (secondary N) is 2. The van der Waals surface area contributed by atoms with Crippen molar-refractivity contribution in [1.82, 2.24) is 10.6 Å². The summed E-state index contributed by atoms with van der Waals surface area (Å²) in [4.78, 5) is 4.51. The van der Waals surface area contributed by atoms with Crippen LogP contribution in [0.2, 0.25) is 0 Å². The Kier molecular flexibility index (Phi) is 9.54. The van der Waals surface area contributed by atoms with Crippen molar-refractivity contribution in [2.45, 2.75) is 46.7 Å². The van der Waals surface area contributed by atoms with Gasteiger partial charge in [0.2, 0.25) is 0 Å². The van der Waals surface area contributed by atoms with Gasteiger partial charge in [0.25, 0.3) is 0 Å². The predicted molar refractivity (Wildman–Crippen MR) is 94.3 cm³/mol. The van der Waals surface area contributed by atoms with Crippen molar-refractivity contribution in [2.24, 2.45) is 4.99 Å². The molecule has 0 radical (unpaired) electrons. The summed E-state index contributed by atoms with van der Waals surface area (Å²) >= 11 is 0. The zero-order chi connectivity index (χ0) is 14.3. The molecule has 0 fully saturated rings. The summed E-state index contributed by atoms with van der Waals surface area (Å²) in [5, 5.41) is 6.54. The first-order chi connectivity index (χ1) is 9.06. The summed E-state index contributed by atoms with van der Waals surface area (Å²) < 4.78 is 13.2. The maximum absolute atomic E-state index is 13.2. The van der Waals surface area contributed by atoms with E-state index in [1.807, 2.05) is 13.0 Å². The Morgan fingerprint density at radius 3 is 2.60 bits per heavy atom. The molecule has 0 spiro atoms. The summed E-state index contributed by atoms with van der Waals surface area (Å²) in [7, 11) is 0. The molecule has 0 bridgehead atoms. The molecule has 114 valence electrons. The average Bonchev–Trinajstić information content (AvgIpc) is 2.40. The minimum atomic E-state index is -0.169. The molecule has 0 aliphatic carbocycles. The summed E-state index contributed by atoms with van der Waals surface area (Å²) in [5.74, 6) is 0.635. The highest BCUT2D eigenvalue weighted by Gasteiger charge is 2.03. The monoisotopic (exact) mass is 393 g/mol. The third-order valence-corrected chi connectivity index (χ3v) is 2.98. The van der Waals surface area contributed by atoms with Gasteiger partial charge in [-0.05, 0) is 44.4 Å². The van der Waals surface area contributed by atoms with E-state index in [1.165, 1.54) is 6.07 Å². The predicted octanol–water partition coefficient (Wildman–Crippen LogP) is 3.61. The van der Waals surface area contributed by atoms with Crippen LogP contribution in [-0.4, -0.2) is 18.5 Å². The van der Waals surface area contributed by atoms with E-state index in [2.05, 4.69) is 29.5 Å². The van der Waals surface area contributed by atoms with Crippen LogP contribution in [0.25, 0.3) is 0 Å². The smallest absolute Gasteiger partial charge is 0.191 e. The maximum atomic E-state index is 13.2. The van der Waals surface area contributed by atoms with Gasteiger partial charge < -0.3 is 10.6 Å². The van der Waals surface area contributed by atoms with Crippen LogP contribution in [0.1, 0.15) is 38.3 Å². The van der Waals surface area contributed by atoms with Crippen LogP contribution >= 0.6 is 24.0 Å². The maximum Gasteiger partial charge on any atom is 0.191 e. The van der Waals surface area contributed by atoms with Gasteiger partial charge in [-0.1, -0.05) is 19.1 Å².